The summed E-state index contributed by atoms with van der Waals surface area (Å²) in [5.41, 5.74) is 0. The Morgan fingerprint density at radius 3 is 1.17 bits per heavy atom. The van der Waals surface area contributed by atoms with Crippen LogP contribution in [0.3, 0.4) is 0 Å². The first-order valence-electron chi connectivity index (χ1n) is 51.8. The molecule has 0 radical (unpaired) electrons. The van der Waals surface area contributed by atoms with Gasteiger partial charge in [0.1, 0.15) is 91.2 Å². The Bertz CT molecular complexity index is 3410. The first-order chi connectivity index (χ1) is 65.8. The molecule has 4 aliphatic heterocycles. The molecular weight excluding hydrogens is 1850 g/mol. The van der Waals surface area contributed by atoms with Crippen LogP contribution in [0.5, 0.6) is 0 Å². The zero-order chi connectivity index (χ0) is 102. The normalized spacial score (nSPS) is 26.7. The third-order valence-corrected chi connectivity index (χ3v) is 27.0. The van der Waals surface area contributed by atoms with Crippen molar-refractivity contribution in [2.24, 2.45) is 0 Å². The summed E-state index contributed by atoms with van der Waals surface area (Å²) in [5, 5.41) is 155. The van der Waals surface area contributed by atoms with Crippen molar-refractivity contribution in [1.29, 1.82) is 0 Å². The molecule has 40 nitrogen and oxygen atoms in total. The number of carbonyl (C=O) groups is 7. The number of carboxylic acids is 2. The van der Waals surface area contributed by atoms with Crippen molar-refractivity contribution >= 4 is 57.3 Å². The number of unbranched alkanes of at least 4 members (excludes halogenated alkanes) is 40. The van der Waals surface area contributed by atoms with E-state index in [4.69, 9.17) is 56.4 Å². The molecule has 4 fully saturated rings. The van der Waals surface area contributed by atoms with Crippen LogP contribution in [0.25, 0.3) is 0 Å². The van der Waals surface area contributed by atoms with E-state index in [0.29, 0.717) is 64.2 Å². The number of esters is 3. The van der Waals surface area contributed by atoms with Crippen LogP contribution in [-0.4, -0.2) is 270 Å². The van der Waals surface area contributed by atoms with Gasteiger partial charge < -0.3 is 172 Å². The lowest BCUT2D eigenvalue weighted by Crippen LogP contribution is -2.71. The molecule has 24 atom stereocenters. The Labute approximate surface area is 816 Å². The van der Waals surface area contributed by atoms with Gasteiger partial charge in [0.25, 0.3) is 0 Å². The molecule has 138 heavy (non-hydrogen) atoms. The van der Waals surface area contributed by atoms with Crippen molar-refractivity contribution in [1.82, 2.24) is 10.6 Å². The van der Waals surface area contributed by atoms with Crippen molar-refractivity contribution in [3.8, 4) is 0 Å². The van der Waals surface area contributed by atoms with E-state index in [-0.39, 0.29) is 32.1 Å². The first kappa shape index (κ1) is 126. The predicted molar refractivity (Wildman–Crippen MR) is 489 cm³/mol. The van der Waals surface area contributed by atoms with E-state index in [0.717, 1.165) is 225 Å². The number of nitrogens with one attached hydrogen (secondary N) is 2. The minimum absolute atomic E-state index is 0.0516. The molecule has 42 heteroatoms. The van der Waals surface area contributed by atoms with Crippen LogP contribution in [0.2, 0.25) is 0 Å². The van der Waals surface area contributed by atoms with Gasteiger partial charge in [0.15, 0.2) is 24.8 Å². The molecule has 0 aromatic heterocycles. The number of carbonyl (C=O) groups excluding carboxylic acids is 7. The van der Waals surface area contributed by atoms with Crippen LogP contribution in [0, 0.1) is 0 Å². The topological polar surface area (TPSA) is 649 Å². The van der Waals surface area contributed by atoms with Crippen LogP contribution < -0.4 is 40.4 Å². The summed E-state index contributed by atoms with van der Waals surface area (Å²) in [5.74, 6) is -17.9. The second kappa shape index (κ2) is 70.6. The second-order valence-corrected chi connectivity index (χ2v) is 40.4. The highest BCUT2D eigenvalue weighted by Crippen LogP contribution is 2.44. The molecule has 4 saturated heterocycles. The Morgan fingerprint density at radius 2 is 0.761 bits per heavy atom. The Balaban J connectivity index is 2.02. The quantitative estimate of drug-likeness (QED) is 0.0155. The molecule has 4 aliphatic rings. The largest absolute Gasteiger partial charge is 0.790 e. The number of aliphatic hydroxyl groups excluding tert-OH is 11. The number of phosphoric acid groups is 2. The molecule has 808 valence electrons. The van der Waals surface area contributed by atoms with Gasteiger partial charge in [-0.05, 0) is 38.5 Å². The minimum Gasteiger partial charge on any atom is -0.790 e. The molecule has 2 amide bonds. The minimum atomic E-state index is -6.68. The van der Waals surface area contributed by atoms with Gasteiger partial charge in [-0.1, -0.05) is 311 Å². The molecule has 0 aromatic rings. The maximum Gasteiger partial charge on any atom is 0.308 e. The van der Waals surface area contributed by atoms with Crippen LogP contribution in [0.15, 0.2) is 0 Å². The molecule has 4 rings (SSSR count). The van der Waals surface area contributed by atoms with Crippen molar-refractivity contribution < 1.29 is 185 Å². The highest BCUT2D eigenvalue weighted by molar-refractivity contribution is 7.43. The van der Waals surface area contributed by atoms with Gasteiger partial charge >= 0.3 is 17.9 Å². The van der Waals surface area contributed by atoms with Gasteiger partial charge in [-0.25, -0.2) is 0 Å². The van der Waals surface area contributed by atoms with E-state index in [1.165, 1.54) is 0 Å². The third kappa shape index (κ3) is 49.8. The van der Waals surface area contributed by atoms with Crippen LogP contribution >= 0.6 is 15.6 Å². The number of carboxylic acid groups (broad SMARTS) is 2. The van der Waals surface area contributed by atoms with E-state index in [2.05, 4.69) is 45.3 Å². The number of amides is 2. The monoisotopic (exact) mass is 2020 g/mol. The summed E-state index contributed by atoms with van der Waals surface area (Å²) in [6.07, 6.45) is -11.1. The smallest absolute Gasteiger partial charge is 0.308 e. The highest BCUT2D eigenvalue weighted by atomic mass is 31.2. The summed E-state index contributed by atoms with van der Waals surface area (Å²) in [4.78, 5) is 153. The number of aliphatic carboxylic acids is 2. The maximum absolute atomic E-state index is 15.4. The van der Waals surface area contributed by atoms with Crippen molar-refractivity contribution in [3.05, 3.63) is 0 Å². The number of phosphoric ester groups is 2. The van der Waals surface area contributed by atoms with Gasteiger partial charge in [0.05, 0.1) is 98.3 Å². The van der Waals surface area contributed by atoms with Crippen LogP contribution in [0.4, 0.5) is 0 Å². The average molecular weight is 2020 g/mol. The molecule has 0 spiro atoms. The number of ether oxygens (including phenoxy) is 10. The Morgan fingerprint density at radius 1 is 0.399 bits per heavy atom. The lowest BCUT2D eigenvalue weighted by Gasteiger charge is -2.53. The fourth-order valence-electron chi connectivity index (χ4n) is 18.1. The van der Waals surface area contributed by atoms with Crippen molar-refractivity contribution in [2.45, 2.75) is 540 Å². The van der Waals surface area contributed by atoms with Gasteiger partial charge in [0.2, 0.25) is 23.4 Å². The third-order valence-electron chi connectivity index (χ3n) is 26.0. The summed E-state index contributed by atoms with van der Waals surface area (Å²) in [7, 11) is -13.1. The van der Waals surface area contributed by atoms with E-state index >= 15 is 4.79 Å². The zero-order valence-corrected chi connectivity index (χ0v) is 84.3. The van der Waals surface area contributed by atoms with Crippen molar-refractivity contribution in [3.63, 3.8) is 0 Å². The molecule has 4 heterocycles. The Kier molecular flexibility index (Phi) is 64.5. The van der Waals surface area contributed by atoms with E-state index in [1.807, 2.05) is 0 Å². The Hall–Kier alpha value is -4.21. The van der Waals surface area contributed by atoms with Gasteiger partial charge in [-0.15, -0.1) is 0 Å². The van der Waals surface area contributed by atoms with Gasteiger partial charge in [-0.2, -0.15) is 0 Å². The fourth-order valence-corrected chi connectivity index (χ4v) is 19.1. The fraction of sp³-hybridized carbons (Fsp3) is 0.927. The number of hydrogen-bond acceptors (Lipinski definition) is 38. The van der Waals surface area contributed by atoms with E-state index in [1.54, 1.807) is 0 Å². The standard InChI is InChI=1S/C96H176N2O38P2/c1-6-11-16-21-26-31-36-41-46-51-66(101)56-76(107)97-81-89(130-79(110)57-67(102)52-47-42-37-32-27-22-17-12-7-2)85(114)74(128-92(81)136-138(122,123)124)64-125-91-82(98-77(108)59-69(54-49-44-39-34-29-24-19-14-9-4)127-78(109)55-50-45-40-35-30-25-20-15-10-5)90(131-80(111)58-68(103)53-48-43-38-33-28-23-18-13-8-3)88(135-137(119,120)121)75(129-91)65-126-95(93(115)116)61-73(84(113)87(133-95)72(106)63-100)132-96(94(117)118)60-70(104)83(112)86(134-96)71(105)62-99/h66-75,81-92,99-106,112-114H,6-65H2,1-5H3,(H,97,107)(H,98,108)(H,115,116)(H,117,118)(H2,119,120,121)(H2,122,123,124)/p-6/t66-,67-,68-,69-,70-,71-,72-,73-,74-,75-,81-,82-,83-,84-,85-,86-,87-,88-,89-,90-,91-,92-,95-,96-/m1/s1. The number of rotatable bonds is 81. The maximum atomic E-state index is 15.4. The number of hydrogen-bond donors (Lipinski definition) is 13. The second-order valence-electron chi connectivity index (χ2n) is 38.2. The number of aliphatic hydroxyl groups is 11. The average Bonchev–Trinajstić information content (AvgIpc) is 0.751. The molecular formula is C96H170N2O38P2-6. The molecule has 0 bridgehead atoms. The summed E-state index contributed by atoms with van der Waals surface area (Å²) in [6.45, 7) is 4.77. The summed E-state index contributed by atoms with van der Waals surface area (Å²) >= 11 is 0. The predicted octanol–water partition coefficient (Wildman–Crippen LogP) is 5.49. The SMILES string of the molecule is CCCCCCCCCCCC(=O)O[C@H](CCCCCCCCCCC)CC(=O)N[C@H]1[C@H](OC[C@H]2O[C@H](OP(=O)([O-])[O-])[C@H](NC(=O)C[C@H](O)CCCCCCCCCCC)[C@@H](OC(=O)C[C@H](O)CCCCCCCCCCC)[C@@H]2O)O[C@H](CO[C@]2(C(=O)[O-])C[C@@H](O[C@]3(C(=O)[O-])C[C@@H](O)[C@@H](O)[C@@H]([C@H](O)CO)O3)[C@@H](O)[C@@H]([C@H](O)CO)O2)[C@@H](OP(=O)([O-])[O-])[C@@H]1OC(=O)C[C@H](O)CCCCCCCCCCC. The molecule has 0 aliphatic carbocycles. The van der Waals surface area contributed by atoms with Crippen molar-refractivity contribution in [2.75, 3.05) is 26.4 Å². The summed E-state index contributed by atoms with van der Waals surface area (Å²) < 4.78 is 96.5. The van der Waals surface area contributed by atoms with E-state index < -0.39 is 268 Å². The summed E-state index contributed by atoms with van der Waals surface area (Å²) in [6, 6.07) is -4.59. The molecule has 0 unspecified atom stereocenters. The molecule has 0 aromatic carbocycles. The van der Waals surface area contributed by atoms with Crippen LogP contribution in [-0.2, 0) is 99.1 Å². The van der Waals surface area contributed by atoms with Gasteiger partial charge in [-0.3, -0.25) is 24.0 Å². The molecule has 0 saturated carbocycles. The first-order valence-corrected chi connectivity index (χ1v) is 54.7. The highest BCUT2D eigenvalue weighted by Gasteiger charge is 2.60. The van der Waals surface area contributed by atoms with Gasteiger partial charge in [0, 0.05) is 19.3 Å². The molecule has 13 N–H and O–H groups in total. The van der Waals surface area contributed by atoms with Crippen LogP contribution in [0.1, 0.15) is 394 Å². The lowest BCUT2D eigenvalue weighted by atomic mass is 9.90. The lowest BCUT2D eigenvalue weighted by molar-refractivity contribution is -0.420. The van der Waals surface area contributed by atoms with E-state index in [9.17, 15) is 124 Å². The zero-order valence-electron chi connectivity index (χ0n) is 82.5.